The van der Waals surface area contributed by atoms with Gasteiger partial charge >= 0.3 is 0 Å². The molecule has 1 aromatic heterocycles. The van der Waals surface area contributed by atoms with E-state index in [-0.39, 0.29) is 0 Å². The maximum Gasteiger partial charge on any atom is 0.168 e. The summed E-state index contributed by atoms with van der Waals surface area (Å²) in [6.45, 7) is 6.19. The fourth-order valence-corrected chi connectivity index (χ4v) is 5.35. The molecule has 32 heavy (non-hydrogen) atoms. The van der Waals surface area contributed by atoms with Crippen molar-refractivity contribution in [2.75, 3.05) is 5.32 Å². The van der Waals surface area contributed by atoms with E-state index in [9.17, 15) is 5.11 Å². The predicted octanol–water partition coefficient (Wildman–Crippen LogP) is 7.02. The highest BCUT2D eigenvalue weighted by molar-refractivity contribution is 7.10. The number of aliphatic hydroxyl groups excluding tert-OH is 1. The molecule has 0 saturated heterocycles. The van der Waals surface area contributed by atoms with Crippen molar-refractivity contribution in [2.24, 2.45) is 10.9 Å². The number of aromatic nitrogens is 1. The molecule has 2 aromatic rings. The number of para-hydroxylation sites is 1. The summed E-state index contributed by atoms with van der Waals surface area (Å²) in [6.07, 6.45) is 16.4. The van der Waals surface area contributed by atoms with Crippen LogP contribution in [0.25, 0.3) is 5.57 Å². The first-order chi connectivity index (χ1) is 15.7. The first kappa shape index (κ1) is 22.4. The fraction of sp³-hybridized carbons (Fsp3) is 0.333. The molecular formula is C27H31N3OS. The van der Waals surface area contributed by atoms with Gasteiger partial charge in [-0.05, 0) is 73.6 Å². The van der Waals surface area contributed by atoms with Gasteiger partial charge in [-0.25, -0.2) is 4.98 Å². The van der Waals surface area contributed by atoms with Crippen LogP contribution in [0.3, 0.4) is 0 Å². The number of anilines is 1. The second-order valence-corrected chi connectivity index (χ2v) is 9.28. The molecule has 4 nitrogen and oxygen atoms in total. The van der Waals surface area contributed by atoms with Crippen LogP contribution in [0, 0.1) is 5.92 Å². The normalized spacial score (nSPS) is 21.9. The summed E-state index contributed by atoms with van der Waals surface area (Å²) >= 11 is 1.59. The topological polar surface area (TPSA) is 57.5 Å². The molecule has 166 valence electrons. The highest BCUT2D eigenvalue weighted by atomic mass is 32.1. The quantitative estimate of drug-likeness (QED) is 0.339. The molecule has 2 aliphatic rings. The van der Waals surface area contributed by atoms with E-state index < -0.39 is 6.23 Å². The monoisotopic (exact) mass is 445 g/mol. The summed E-state index contributed by atoms with van der Waals surface area (Å²) in [4.78, 5) is 8.95. The maximum atomic E-state index is 10.8. The number of allylic oxidation sites excluding steroid dienone is 6. The number of benzene rings is 1. The minimum atomic E-state index is -0.824. The van der Waals surface area contributed by atoms with E-state index in [0.717, 1.165) is 48.4 Å². The van der Waals surface area contributed by atoms with Crippen molar-refractivity contribution in [3.05, 3.63) is 88.6 Å². The number of aliphatic imine (C=N–C) groups is 1. The average Bonchev–Trinajstić information content (AvgIpc) is 3.52. The molecule has 1 fully saturated rings. The van der Waals surface area contributed by atoms with Crippen LogP contribution in [0.1, 0.15) is 67.4 Å². The third-order valence-electron chi connectivity index (χ3n) is 6.27. The predicted molar refractivity (Wildman–Crippen MR) is 136 cm³/mol. The molecule has 2 aliphatic carbocycles. The van der Waals surface area contributed by atoms with Gasteiger partial charge < -0.3 is 10.4 Å². The van der Waals surface area contributed by atoms with Crippen molar-refractivity contribution in [2.45, 2.75) is 51.2 Å². The molecule has 2 N–H and O–H groups in total. The van der Waals surface area contributed by atoms with Crippen LogP contribution in [0.5, 0.6) is 0 Å². The summed E-state index contributed by atoms with van der Waals surface area (Å²) in [5, 5.41) is 17.1. The molecule has 1 aromatic carbocycles. The highest BCUT2D eigenvalue weighted by Crippen LogP contribution is 2.41. The Labute approximate surface area is 194 Å². The van der Waals surface area contributed by atoms with Gasteiger partial charge in [0, 0.05) is 23.5 Å². The van der Waals surface area contributed by atoms with Crippen LogP contribution in [0.15, 0.2) is 77.3 Å². The van der Waals surface area contributed by atoms with Crippen LogP contribution >= 0.6 is 11.3 Å². The lowest BCUT2D eigenvalue weighted by molar-refractivity contribution is 0.203. The Morgan fingerprint density at radius 2 is 2.09 bits per heavy atom. The molecule has 4 rings (SSSR count). The Hall–Kier alpha value is -2.76. The van der Waals surface area contributed by atoms with Crippen LogP contribution in [0.2, 0.25) is 0 Å². The highest BCUT2D eigenvalue weighted by Gasteiger charge is 2.25. The van der Waals surface area contributed by atoms with Gasteiger partial charge in [-0.2, -0.15) is 0 Å². The molecule has 5 heteroatoms. The summed E-state index contributed by atoms with van der Waals surface area (Å²) in [5.74, 6) is 0.974. The molecule has 0 radical (unpaired) electrons. The number of hydrogen-bond acceptors (Lipinski definition) is 5. The largest absolute Gasteiger partial charge is 0.368 e. The number of nitrogens with one attached hydrogen (secondary N) is 1. The van der Waals surface area contributed by atoms with Gasteiger partial charge in [-0.1, -0.05) is 49.1 Å². The third kappa shape index (κ3) is 5.34. The van der Waals surface area contributed by atoms with Gasteiger partial charge in [-0.15, -0.1) is 11.3 Å². The van der Waals surface area contributed by atoms with Crippen molar-refractivity contribution >= 4 is 28.8 Å². The molecule has 1 saturated carbocycles. The van der Waals surface area contributed by atoms with E-state index in [2.05, 4.69) is 58.3 Å². The van der Waals surface area contributed by atoms with E-state index >= 15 is 0 Å². The summed E-state index contributed by atoms with van der Waals surface area (Å²) in [5.41, 5.74) is 5.27. The van der Waals surface area contributed by atoms with Crippen LogP contribution in [-0.2, 0) is 0 Å². The molecule has 1 unspecified atom stereocenters. The Morgan fingerprint density at radius 1 is 1.28 bits per heavy atom. The molecule has 0 aliphatic heterocycles. The maximum absolute atomic E-state index is 10.8. The van der Waals surface area contributed by atoms with Gasteiger partial charge in [0.2, 0.25) is 0 Å². The van der Waals surface area contributed by atoms with Gasteiger partial charge in [0.15, 0.2) is 6.23 Å². The third-order valence-corrected chi connectivity index (χ3v) is 7.20. The van der Waals surface area contributed by atoms with Crippen molar-refractivity contribution < 1.29 is 5.11 Å². The molecular weight excluding hydrogens is 414 g/mol. The van der Waals surface area contributed by atoms with Gasteiger partial charge in [0.05, 0.1) is 0 Å². The number of thiazole rings is 1. The molecule has 1 heterocycles. The lowest BCUT2D eigenvalue weighted by Gasteiger charge is -2.30. The minimum Gasteiger partial charge on any atom is -0.368 e. The number of rotatable bonds is 8. The minimum absolute atomic E-state index is 0.475. The second-order valence-electron chi connectivity index (χ2n) is 8.42. The van der Waals surface area contributed by atoms with E-state index in [0.29, 0.717) is 17.5 Å². The van der Waals surface area contributed by atoms with E-state index in [4.69, 9.17) is 0 Å². The second kappa shape index (κ2) is 10.7. The number of hydrogen-bond donors (Lipinski definition) is 2. The van der Waals surface area contributed by atoms with Gasteiger partial charge in [0.1, 0.15) is 10.7 Å². The summed E-state index contributed by atoms with van der Waals surface area (Å²) in [6, 6.07) is 8.35. The van der Waals surface area contributed by atoms with Crippen LogP contribution in [0.4, 0.5) is 5.69 Å². The Kier molecular flexibility index (Phi) is 7.51. The lowest BCUT2D eigenvalue weighted by atomic mass is 9.76. The van der Waals surface area contributed by atoms with Crippen LogP contribution in [-0.4, -0.2) is 16.3 Å². The molecule has 0 spiro atoms. The zero-order chi connectivity index (χ0) is 22.3. The SMILES string of the molecule is C=C(/C=N\C=C/C)C1CCC(c2ccccc2NC(O)c2csc(C3=CC=CC3)n2)CC1. The van der Waals surface area contributed by atoms with Crippen molar-refractivity contribution in [3.63, 3.8) is 0 Å². The number of nitrogens with zero attached hydrogens (tertiary/aromatic N) is 2. The standard InChI is InChI=1S/C27H31N3OS/c1-3-16-28-17-19(2)20-12-14-21(15-13-20)23-10-6-7-11-24(23)29-26(31)25-18-32-27(30-25)22-8-4-5-9-22/h3-8,10-11,16-18,20-21,26,29,31H,2,9,12-15H2,1H3/b16-3-,28-17-. The van der Waals surface area contributed by atoms with Gasteiger partial charge in [-0.3, -0.25) is 4.99 Å². The Morgan fingerprint density at radius 3 is 2.84 bits per heavy atom. The van der Waals surface area contributed by atoms with Crippen molar-refractivity contribution in [1.82, 2.24) is 4.98 Å². The lowest BCUT2D eigenvalue weighted by Crippen LogP contribution is -2.17. The number of aliphatic hydroxyl groups is 1. The zero-order valence-electron chi connectivity index (χ0n) is 18.6. The summed E-state index contributed by atoms with van der Waals surface area (Å²) in [7, 11) is 0. The van der Waals surface area contributed by atoms with Crippen molar-refractivity contribution in [3.8, 4) is 0 Å². The first-order valence-electron chi connectivity index (χ1n) is 11.3. The smallest absolute Gasteiger partial charge is 0.168 e. The van der Waals surface area contributed by atoms with Crippen molar-refractivity contribution in [1.29, 1.82) is 0 Å². The zero-order valence-corrected chi connectivity index (χ0v) is 19.4. The molecule has 0 bridgehead atoms. The van der Waals surface area contributed by atoms with E-state index in [1.54, 1.807) is 17.5 Å². The van der Waals surface area contributed by atoms with Gasteiger partial charge in [0.25, 0.3) is 0 Å². The van der Waals surface area contributed by atoms with Crippen LogP contribution < -0.4 is 5.32 Å². The first-order valence-corrected chi connectivity index (χ1v) is 12.2. The Bertz CT molecular complexity index is 1050. The van der Waals surface area contributed by atoms with E-state index in [1.807, 2.05) is 30.7 Å². The molecule has 0 amide bonds. The van der Waals surface area contributed by atoms with E-state index in [1.165, 1.54) is 11.1 Å². The molecule has 1 atom stereocenters. The summed E-state index contributed by atoms with van der Waals surface area (Å²) < 4.78 is 0. The fourth-order valence-electron chi connectivity index (χ4n) is 4.48. The Balaban J connectivity index is 1.40. The average molecular weight is 446 g/mol.